The van der Waals surface area contributed by atoms with Crippen LogP contribution in [0.25, 0.3) is 0 Å². The van der Waals surface area contributed by atoms with Gasteiger partial charge in [-0.05, 0) is 48.9 Å². The number of aliphatic carboxylic acids is 1. The first kappa shape index (κ1) is 19.8. The number of likely N-dealkylation sites (tertiary alicyclic amines) is 1. The number of carboxylic acids is 1. The lowest BCUT2D eigenvalue weighted by atomic mass is 9.98. The van der Waals surface area contributed by atoms with Gasteiger partial charge in [-0.15, -0.1) is 0 Å². The number of amides is 1. The largest absolute Gasteiger partial charge is 0.481 e. The normalized spacial score (nSPS) is 19.7. The Bertz CT molecular complexity index is 823. The van der Waals surface area contributed by atoms with Crippen molar-refractivity contribution < 1.29 is 27.9 Å². The van der Waals surface area contributed by atoms with Gasteiger partial charge in [0.1, 0.15) is 0 Å². The van der Waals surface area contributed by atoms with Crippen molar-refractivity contribution in [3.8, 4) is 0 Å². The Kier molecular flexibility index (Phi) is 6.13. The number of piperidine rings is 1. The van der Waals surface area contributed by atoms with Gasteiger partial charge in [0, 0.05) is 19.0 Å². The van der Waals surface area contributed by atoms with Crippen molar-refractivity contribution in [3.05, 3.63) is 29.3 Å². The Morgan fingerprint density at radius 2 is 2.00 bits per heavy atom. The lowest BCUT2D eigenvalue weighted by molar-refractivity contribution is -0.139. The summed E-state index contributed by atoms with van der Waals surface area (Å²) in [6.07, 6.45) is 2.91. The van der Waals surface area contributed by atoms with E-state index in [1.54, 1.807) is 17.0 Å². The maximum absolute atomic E-state index is 12.5. The van der Waals surface area contributed by atoms with Crippen LogP contribution in [-0.2, 0) is 37.6 Å². The highest BCUT2D eigenvalue weighted by Crippen LogP contribution is 2.23. The number of fused-ring (bicyclic) bond motifs is 1. The summed E-state index contributed by atoms with van der Waals surface area (Å²) in [5.74, 6) is -1.22. The number of carboxylic acid groups (broad SMARTS) is 1. The maximum Gasteiger partial charge on any atom is 0.303 e. The van der Waals surface area contributed by atoms with Crippen LogP contribution in [0.15, 0.2) is 23.1 Å². The minimum absolute atomic E-state index is 0.00261. The van der Waals surface area contributed by atoms with E-state index >= 15 is 0 Å². The topological polar surface area (TPSA) is 113 Å². The molecule has 1 fully saturated rings. The third-order valence-corrected chi connectivity index (χ3v) is 6.45. The zero-order valence-corrected chi connectivity index (χ0v) is 15.8. The third kappa shape index (κ3) is 4.85. The van der Waals surface area contributed by atoms with Crippen LogP contribution in [-0.4, -0.2) is 49.4 Å². The highest BCUT2D eigenvalue weighted by Gasteiger charge is 2.28. The molecule has 0 radical (unpaired) electrons. The molecule has 0 spiro atoms. The van der Waals surface area contributed by atoms with Crippen molar-refractivity contribution in [2.75, 3.05) is 13.1 Å². The molecule has 1 amide bonds. The van der Waals surface area contributed by atoms with Gasteiger partial charge >= 0.3 is 5.97 Å². The number of rotatable bonds is 7. The van der Waals surface area contributed by atoms with Crippen LogP contribution in [0.3, 0.4) is 0 Å². The summed E-state index contributed by atoms with van der Waals surface area (Å²) in [6.45, 7) is 1.06. The number of carbonyl (C=O) groups excluding carboxylic acids is 1. The van der Waals surface area contributed by atoms with Gasteiger partial charge in [-0.2, -0.15) is 0 Å². The van der Waals surface area contributed by atoms with Gasteiger partial charge in [-0.1, -0.05) is 6.07 Å². The van der Waals surface area contributed by atoms with E-state index in [9.17, 15) is 18.0 Å². The predicted octanol–water partition coefficient (Wildman–Crippen LogP) is 1.24. The Balaban J connectivity index is 1.62. The number of nitrogens with zero attached hydrogens (tertiary/aromatic N) is 1. The van der Waals surface area contributed by atoms with E-state index in [4.69, 9.17) is 9.84 Å². The van der Waals surface area contributed by atoms with Gasteiger partial charge in [-0.3, -0.25) is 9.59 Å². The summed E-state index contributed by atoms with van der Waals surface area (Å²) in [7, 11) is -3.81. The van der Waals surface area contributed by atoms with Gasteiger partial charge in [0.15, 0.2) is 0 Å². The molecule has 0 aromatic heterocycles. The molecule has 2 heterocycles. The van der Waals surface area contributed by atoms with E-state index in [1.165, 1.54) is 6.07 Å². The smallest absolute Gasteiger partial charge is 0.303 e. The Hall–Kier alpha value is -1.97. The van der Waals surface area contributed by atoms with E-state index in [0.717, 1.165) is 30.4 Å². The van der Waals surface area contributed by atoms with E-state index in [1.807, 2.05) is 0 Å². The average Bonchev–Trinajstić information content (AvgIpc) is 3.12. The van der Waals surface area contributed by atoms with Gasteiger partial charge in [0.25, 0.3) is 0 Å². The zero-order valence-electron chi connectivity index (χ0n) is 15.0. The monoisotopic (exact) mass is 396 g/mol. The molecule has 8 nitrogen and oxygen atoms in total. The number of nitrogens with one attached hydrogen (secondary N) is 1. The molecule has 1 atom stereocenters. The molecular weight excluding hydrogens is 372 g/mol. The van der Waals surface area contributed by atoms with E-state index in [2.05, 4.69) is 4.72 Å². The molecule has 9 heteroatoms. The highest BCUT2D eigenvalue weighted by atomic mass is 32.2. The van der Waals surface area contributed by atoms with Crippen LogP contribution in [0, 0.1) is 0 Å². The van der Waals surface area contributed by atoms with E-state index in [-0.39, 0.29) is 29.8 Å². The molecule has 148 valence electrons. The molecule has 1 aromatic carbocycles. The molecule has 2 aliphatic rings. The van der Waals surface area contributed by atoms with Crippen molar-refractivity contribution in [2.24, 2.45) is 0 Å². The van der Waals surface area contributed by atoms with Crippen LogP contribution in [0.1, 0.15) is 43.2 Å². The highest BCUT2D eigenvalue weighted by molar-refractivity contribution is 7.89. The van der Waals surface area contributed by atoms with Crippen molar-refractivity contribution >= 4 is 21.9 Å². The SMILES string of the molecule is O=C(O)CCC1CCCCN1C(=O)CNS(=O)(=O)c1ccc2c(c1)COC2. The molecule has 2 N–H and O–H groups in total. The Morgan fingerprint density at radius 1 is 1.22 bits per heavy atom. The van der Waals surface area contributed by atoms with Gasteiger partial charge < -0.3 is 14.7 Å². The predicted molar refractivity (Wildman–Crippen MR) is 96.3 cm³/mol. The second-order valence-electron chi connectivity index (χ2n) is 6.92. The number of hydrogen-bond donors (Lipinski definition) is 2. The summed E-state index contributed by atoms with van der Waals surface area (Å²) < 4.78 is 32.7. The van der Waals surface area contributed by atoms with Gasteiger partial charge in [0.2, 0.25) is 15.9 Å². The number of carbonyl (C=O) groups is 2. The molecule has 0 aliphatic carbocycles. The molecule has 27 heavy (non-hydrogen) atoms. The molecule has 0 saturated carbocycles. The summed E-state index contributed by atoms with van der Waals surface area (Å²) in [5, 5.41) is 8.87. The molecule has 1 aromatic rings. The molecule has 0 bridgehead atoms. The Labute approximate surface area is 158 Å². The number of hydrogen-bond acceptors (Lipinski definition) is 5. The van der Waals surface area contributed by atoms with E-state index in [0.29, 0.717) is 26.2 Å². The number of ether oxygens (including phenoxy) is 1. The number of sulfonamides is 1. The van der Waals surface area contributed by atoms with Crippen LogP contribution in [0.5, 0.6) is 0 Å². The van der Waals surface area contributed by atoms with Crippen LogP contribution >= 0.6 is 0 Å². The molecule has 1 saturated heterocycles. The summed E-state index contributed by atoms with van der Waals surface area (Å²) in [6, 6.07) is 4.66. The lowest BCUT2D eigenvalue weighted by Gasteiger charge is -2.35. The molecular formula is C18H24N2O6S. The fraction of sp³-hybridized carbons (Fsp3) is 0.556. The minimum Gasteiger partial charge on any atom is -0.481 e. The molecule has 3 rings (SSSR count). The summed E-state index contributed by atoms with van der Waals surface area (Å²) >= 11 is 0. The second-order valence-corrected chi connectivity index (χ2v) is 8.68. The van der Waals surface area contributed by atoms with Crippen LogP contribution < -0.4 is 4.72 Å². The first-order valence-electron chi connectivity index (χ1n) is 9.07. The standard InChI is InChI=1S/C18H24N2O6S/c21-17(20-8-2-1-3-15(20)5-7-18(22)23)10-19-27(24,25)16-6-4-13-11-26-12-14(13)9-16/h4,6,9,15,19H,1-3,5,7-8,10-12H2,(H,22,23). The first-order chi connectivity index (χ1) is 12.9. The second kappa shape index (κ2) is 8.37. The first-order valence-corrected chi connectivity index (χ1v) is 10.6. The zero-order chi connectivity index (χ0) is 19.4. The van der Waals surface area contributed by atoms with Crippen molar-refractivity contribution in [3.63, 3.8) is 0 Å². The van der Waals surface area contributed by atoms with Crippen molar-refractivity contribution in [1.82, 2.24) is 9.62 Å². The fourth-order valence-electron chi connectivity index (χ4n) is 3.58. The summed E-state index contributed by atoms with van der Waals surface area (Å²) in [4.78, 5) is 25.1. The van der Waals surface area contributed by atoms with Crippen molar-refractivity contribution in [1.29, 1.82) is 0 Å². The maximum atomic E-state index is 12.5. The van der Waals surface area contributed by atoms with E-state index < -0.39 is 16.0 Å². The molecule has 2 aliphatic heterocycles. The van der Waals surface area contributed by atoms with Gasteiger partial charge in [0.05, 0.1) is 24.7 Å². The summed E-state index contributed by atoms with van der Waals surface area (Å²) in [5.41, 5.74) is 1.81. The molecule has 1 unspecified atom stereocenters. The average molecular weight is 396 g/mol. The van der Waals surface area contributed by atoms with Gasteiger partial charge in [-0.25, -0.2) is 13.1 Å². The quantitative estimate of drug-likeness (QED) is 0.717. The minimum atomic E-state index is -3.81. The fourth-order valence-corrected chi connectivity index (χ4v) is 4.60. The van der Waals surface area contributed by atoms with Crippen LogP contribution in [0.2, 0.25) is 0 Å². The number of benzene rings is 1. The third-order valence-electron chi connectivity index (χ3n) is 5.06. The van der Waals surface area contributed by atoms with Crippen LogP contribution in [0.4, 0.5) is 0 Å². The Morgan fingerprint density at radius 3 is 2.78 bits per heavy atom. The lowest BCUT2D eigenvalue weighted by Crippen LogP contribution is -2.48. The van der Waals surface area contributed by atoms with Crippen molar-refractivity contribution in [2.45, 2.75) is 56.3 Å².